The first-order valence-corrected chi connectivity index (χ1v) is 7.25. The lowest BCUT2D eigenvalue weighted by atomic mass is 10.1. The Bertz CT molecular complexity index is 407. The standard InChI is InChI=1S/C16H25NO2/c1-4-19-16-8-6-5-7-14(16)15(18)11-17-10-12(2)9-13(17)3/h5-8,12-13,15,18H,4,9-11H2,1-3H3. The fourth-order valence-electron chi connectivity index (χ4n) is 3.00. The summed E-state index contributed by atoms with van der Waals surface area (Å²) < 4.78 is 5.59. The first-order valence-electron chi connectivity index (χ1n) is 7.25. The zero-order valence-corrected chi connectivity index (χ0v) is 12.2. The van der Waals surface area contributed by atoms with Crippen molar-refractivity contribution in [3.8, 4) is 5.75 Å². The van der Waals surface area contributed by atoms with E-state index in [0.29, 0.717) is 19.2 Å². The molecule has 3 nitrogen and oxygen atoms in total. The van der Waals surface area contributed by atoms with Crippen LogP contribution >= 0.6 is 0 Å². The van der Waals surface area contributed by atoms with Crippen molar-refractivity contribution in [1.82, 2.24) is 4.90 Å². The molecule has 1 saturated heterocycles. The topological polar surface area (TPSA) is 32.7 Å². The molecule has 0 bridgehead atoms. The second kappa shape index (κ2) is 6.40. The number of para-hydroxylation sites is 1. The highest BCUT2D eigenvalue weighted by atomic mass is 16.5. The Hall–Kier alpha value is -1.06. The second-order valence-corrected chi connectivity index (χ2v) is 5.63. The number of rotatable bonds is 5. The third-order valence-corrected chi connectivity index (χ3v) is 3.90. The first-order chi connectivity index (χ1) is 9.11. The molecule has 1 N–H and O–H groups in total. The van der Waals surface area contributed by atoms with Gasteiger partial charge in [0, 0.05) is 24.7 Å². The predicted molar refractivity (Wildman–Crippen MR) is 77.4 cm³/mol. The number of ether oxygens (including phenoxy) is 1. The Morgan fingerprint density at radius 1 is 1.37 bits per heavy atom. The third kappa shape index (κ3) is 3.48. The molecule has 1 heterocycles. The lowest BCUT2D eigenvalue weighted by Gasteiger charge is -2.25. The molecule has 0 spiro atoms. The van der Waals surface area contributed by atoms with Crippen LogP contribution in [0.3, 0.4) is 0 Å². The van der Waals surface area contributed by atoms with Crippen molar-refractivity contribution in [2.45, 2.75) is 39.3 Å². The SMILES string of the molecule is CCOc1ccccc1C(O)CN1CC(C)CC1C. The number of aliphatic hydroxyl groups is 1. The Morgan fingerprint density at radius 3 is 2.74 bits per heavy atom. The minimum atomic E-state index is -0.476. The van der Waals surface area contributed by atoms with Gasteiger partial charge in [-0.2, -0.15) is 0 Å². The van der Waals surface area contributed by atoms with E-state index in [2.05, 4.69) is 18.7 Å². The highest BCUT2D eigenvalue weighted by molar-refractivity contribution is 5.35. The van der Waals surface area contributed by atoms with Crippen molar-refractivity contribution in [1.29, 1.82) is 0 Å². The number of nitrogens with zero attached hydrogens (tertiary/aromatic N) is 1. The molecule has 1 aromatic rings. The molecule has 0 radical (unpaired) electrons. The van der Waals surface area contributed by atoms with Gasteiger partial charge in [0.2, 0.25) is 0 Å². The summed E-state index contributed by atoms with van der Waals surface area (Å²) in [5.74, 6) is 1.53. The molecule has 1 fully saturated rings. The van der Waals surface area contributed by atoms with Crippen molar-refractivity contribution < 1.29 is 9.84 Å². The van der Waals surface area contributed by atoms with Crippen LogP contribution in [0.15, 0.2) is 24.3 Å². The van der Waals surface area contributed by atoms with E-state index in [1.54, 1.807) is 0 Å². The smallest absolute Gasteiger partial charge is 0.125 e. The van der Waals surface area contributed by atoms with Gasteiger partial charge < -0.3 is 9.84 Å². The minimum absolute atomic E-state index is 0.476. The van der Waals surface area contributed by atoms with Gasteiger partial charge in [-0.15, -0.1) is 0 Å². The molecule has 1 aliphatic rings. The Kier molecular flexibility index (Phi) is 4.83. The normalized spacial score (nSPS) is 25.5. The van der Waals surface area contributed by atoms with Gasteiger partial charge in [0.1, 0.15) is 5.75 Å². The van der Waals surface area contributed by atoms with Crippen LogP contribution in [0, 0.1) is 5.92 Å². The van der Waals surface area contributed by atoms with Crippen LogP contribution in [0.5, 0.6) is 5.75 Å². The monoisotopic (exact) mass is 263 g/mol. The summed E-state index contributed by atoms with van der Waals surface area (Å²) in [5, 5.41) is 10.5. The molecular formula is C16H25NO2. The highest BCUT2D eigenvalue weighted by Crippen LogP contribution is 2.29. The Labute approximate surface area is 116 Å². The lowest BCUT2D eigenvalue weighted by molar-refractivity contribution is 0.106. The maximum absolute atomic E-state index is 10.5. The molecule has 0 amide bonds. The summed E-state index contributed by atoms with van der Waals surface area (Å²) >= 11 is 0. The number of likely N-dealkylation sites (tertiary alicyclic amines) is 1. The molecule has 3 atom stereocenters. The molecule has 1 aromatic carbocycles. The van der Waals surface area contributed by atoms with Gasteiger partial charge in [-0.05, 0) is 32.3 Å². The van der Waals surface area contributed by atoms with Crippen LogP contribution in [0.1, 0.15) is 38.9 Å². The van der Waals surface area contributed by atoms with Gasteiger partial charge in [-0.25, -0.2) is 0 Å². The van der Waals surface area contributed by atoms with Gasteiger partial charge in [0.25, 0.3) is 0 Å². The number of hydrogen-bond donors (Lipinski definition) is 1. The molecule has 0 aromatic heterocycles. The molecular weight excluding hydrogens is 238 g/mol. The fourth-order valence-corrected chi connectivity index (χ4v) is 3.00. The van der Waals surface area contributed by atoms with Crippen molar-refractivity contribution in [3.05, 3.63) is 29.8 Å². The van der Waals surface area contributed by atoms with Gasteiger partial charge in [0.15, 0.2) is 0 Å². The number of hydrogen-bond acceptors (Lipinski definition) is 3. The number of β-amino-alcohol motifs (C(OH)–C–C–N with tert-alkyl or cyclic N) is 1. The zero-order valence-electron chi connectivity index (χ0n) is 12.2. The average Bonchev–Trinajstić information content (AvgIpc) is 2.69. The molecule has 1 aliphatic heterocycles. The molecule has 106 valence electrons. The van der Waals surface area contributed by atoms with Gasteiger partial charge in [0.05, 0.1) is 12.7 Å². The molecule has 3 heteroatoms. The molecule has 0 saturated carbocycles. The summed E-state index contributed by atoms with van der Waals surface area (Å²) in [6.07, 6.45) is 0.746. The summed E-state index contributed by atoms with van der Waals surface area (Å²) in [7, 11) is 0. The van der Waals surface area contributed by atoms with E-state index in [4.69, 9.17) is 4.74 Å². The van der Waals surface area contributed by atoms with Crippen LogP contribution < -0.4 is 4.74 Å². The maximum Gasteiger partial charge on any atom is 0.125 e. The minimum Gasteiger partial charge on any atom is -0.493 e. The summed E-state index contributed by atoms with van der Waals surface area (Å²) in [6.45, 7) is 8.88. The Morgan fingerprint density at radius 2 is 2.11 bits per heavy atom. The van der Waals surface area contributed by atoms with E-state index in [1.807, 2.05) is 31.2 Å². The van der Waals surface area contributed by atoms with Crippen LogP contribution in [-0.4, -0.2) is 35.7 Å². The summed E-state index contributed by atoms with van der Waals surface area (Å²) in [6, 6.07) is 8.35. The number of aliphatic hydroxyl groups excluding tert-OH is 1. The number of benzene rings is 1. The van der Waals surface area contributed by atoms with E-state index < -0.39 is 6.10 Å². The van der Waals surface area contributed by atoms with E-state index in [1.165, 1.54) is 6.42 Å². The van der Waals surface area contributed by atoms with Gasteiger partial charge >= 0.3 is 0 Å². The van der Waals surface area contributed by atoms with Crippen LogP contribution in [-0.2, 0) is 0 Å². The van der Waals surface area contributed by atoms with Crippen LogP contribution in [0.2, 0.25) is 0 Å². The van der Waals surface area contributed by atoms with Crippen molar-refractivity contribution >= 4 is 0 Å². The quantitative estimate of drug-likeness (QED) is 0.886. The average molecular weight is 263 g/mol. The lowest BCUT2D eigenvalue weighted by Crippen LogP contribution is -2.31. The van der Waals surface area contributed by atoms with Crippen LogP contribution in [0.25, 0.3) is 0 Å². The Balaban J connectivity index is 2.05. The molecule has 0 aliphatic carbocycles. The third-order valence-electron chi connectivity index (χ3n) is 3.90. The van der Waals surface area contributed by atoms with E-state index >= 15 is 0 Å². The van der Waals surface area contributed by atoms with Crippen molar-refractivity contribution in [2.75, 3.05) is 19.7 Å². The van der Waals surface area contributed by atoms with Gasteiger partial charge in [-0.1, -0.05) is 25.1 Å². The van der Waals surface area contributed by atoms with E-state index in [0.717, 1.165) is 23.8 Å². The largest absolute Gasteiger partial charge is 0.493 e. The maximum atomic E-state index is 10.5. The van der Waals surface area contributed by atoms with Crippen LogP contribution in [0.4, 0.5) is 0 Å². The van der Waals surface area contributed by atoms with E-state index in [-0.39, 0.29) is 0 Å². The summed E-state index contributed by atoms with van der Waals surface area (Å²) in [4.78, 5) is 2.37. The van der Waals surface area contributed by atoms with E-state index in [9.17, 15) is 5.11 Å². The second-order valence-electron chi connectivity index (χ2n) is 5.63. The molecule has 2 rings (SSSR count). The highest BCUT2D eigenvalue weighted by Gasteiger charge is 2.28. The fraction of sp³-hybridized carbons (Fsp3) is 0.625. The zero-order chi connectivity index (χ0) is 13.8. The predicted octanol–water partition coefficient (Wildman–Crippen LogP) is 2.85. The first kappa shape index (κ1) is 14.4. The van der Waals surface area contributed by atoms with Crippen molar-refractivity contribution in [2.24, 2.45) is 5.92 Å². The molecule has 19 heavy (non-hydrogen) atoms. The summed E-state index contributed by atoms with van der Waals surface area (Å²) in [5.41, 5.74) is 0.899. The van der Waals surface area contributed by atoms with Crippen molar-refractivity contribution in [3.63, 3.8) is 0 Å². The molecule has 3 unspecified atom stereocenters. The van der Waals surface area contributed by atoms with Gasteiger partial charge in [-0.3, -0.25) is 4.90 Å².